The number of pyridine rings is 1. The van der Waals surface area contributed by atoms with E-state index in [0.29, 0.717) is 19.1 Å². The molecule has 0 bridgehead atoms. The molecular weight excluding hydrogens is 352 g/mol. The summed E-state index contributed by atoms with van der Waals surface area (Å²) in [7, 11) is 1.78. The summed E-state index contributed by atoms with van der Waals surface area (Å²) < 4.78 is 7.80. The molecule has 1 atom stereocenters. The first-order valence-electron chi connectivity index (χ1n) is 9.61. The van der Waals surface area contributed by atoms with Crippen LogP contribution in [0.15, 0.2) is 59.7 Å². The number of nitrogens with one attached hydrogen (secondary N) is 2. The maximum Gasteiger partial charge on any atom is 0.191 e. The molecule has 0 saturated heterocycles. The summed E-state index contributed by atoms with van der Waals surface area (Å²) in [5.74, 6) is 2.09. The number of guanidine groups is 1. The average molecular weight is 380 g/mol. The van der Waals surface area contributed by atoms with Gasteiger partial charge in [-0.1, -0.05) is 43.3 Å². The van der Waals surface area contributed by atoms with Gasteiger partial charge in [-0.15, -0.1) is 10.2 Å². The number of aromatic nitrogens is 3. The van der Waals surface area contributed by atoms with Gasteiger partial charge in [-0.25, -0.2) is 0 Å². The van der Waals surface area contributed by atoms with E-state index in [9.17, 15) is 0 Å². The number of nitrogens with zero attached hydrogens (tertiary/aromatic N) is 4. The van der Waals surface area contributed by atoms with Crippen LogP contribution in [-0.2, 0) is 17.8 Å². The van der Waals surface area contributed by atoms with E-state index in [0.717, 1.165) is 36.9 Å². The minimum Gasteiger partial charge on any atom is -0.376 e. The van der Waals surface area contributed by atoms with Crippen molar-refractivity contribution in [2.45, 2.75) is 20.0 Å². The van der Waals surface area contributed by atoms with Crippen LogP contribution in [0.2, 0.25) is 0 Å². The Bertz CT molecular complexity index is 877. The lowest BCUT2D eigenvalue weighted by Crippen LogP contribution is -2.41. The van der Waals surface area contributed by atoms with Crippen LogP contribution >= 0.6 is 0 Å². The molecule has 1 unspecified atom stereocenters. The fraction of sp³-hybridized carbons (Fsp3) is 0.381. The summed E-state index contributed by atoms with van der Waals surface area (Å²) in [4.78, 5) is 4.28. The van der Waals surface area contributed by atoms with Crippen LogP contribution in [0.5, 0.6) is 0 Å². The molecule has 0 amide bonds. The summed E-state index contributed by atoms with van der Waals surface area (Å²) in [6.07, 6.45) is 2.75. The van der Waals surface area contributed by atoms with Crippen LogP contribution in [0.3, 0.4) is 0 Å². The van der Waals surface area contributed by atoms with Crippen molar-refractivity contribution >= 4 is 11.6 Å². The third-order valence-electron chi connectivity index (χ3n) is 4.38. The molecule has 2 aromatic heterocycles. The summed E-state index contributed by atoms with van der Waals surface area (Å²) in [5.41, 5.74) is 2.06. The van der Waals surface area contributed by atoms with Crippen molar-refractivity contribution in [2.75, 3.05) is 26.7 Å². The smallest absolute Gasteiger partial charge is 0.191 e. The van der Waals surface area contributed by atoms with E-state index < -0.39 is 0 Å². The Hall–Kier alpha value is -2.93. The van der Waals surface area contributed by atoms with E-state index in [1.807, 2.05) is 47.0 Å². The van der Waals surface area contributed by atoms with Crippen LogP contribution in [0.4, 0.5) is 0 Å². The van der Waals surface area contributed by atoms with Crippen molar-refractivity contribution in [2.24, 2.45) is 10.9 Å². The lowest BCUT2D eigenvalue weighted by Gasteiger charge is -2.16. The first-order chi connectivity index (χ1) is 13.8. The fourth-order valence-electron chi connectivity index (χ4n) is 2.86. The van der Waals surface area contributed by atoms with Gasteiger partial charge in [0.25, 0.3) is 0 Å². The van der Waals surface area contributed by atoms with Gasteiger partial charge in [0.15, 0.2) is 11.6 Å². The zero-order valence-electron chi connectivity index (χ0n) is 16.5. The zero-order valence-corrected chi connectivity index (χ0v) is 16.5. The Balaban J connectivity index is 1.35. The highest BCUT2D eigenvalue weighted by Crippen LogP contribution is 2.04. The minimum atomic E-state index is 0.378. The molecule has 3 aromatic rings. The summed E-state index contributed by atoms with van der Waals surface area (Å²) >= 11 is 0. The van der Waals surface area contributed by atoms with Gasteiger partial charge in [-0.05, 0) is 23.6 Å². The van der Waals surface area contributed by atoms with Crippen LogP contribution in [0.25, 0.3) is 5.65 Å². The van der Waals surface area contributed by atoms with E-state index in [1.54, 1.807) is 7.05 Å². The van der Waals surface area contributed by atoms with Gasteiger partial charge in [-0.3, -0.25) is 9.39 Å². The molecule has 0 aliphatic carbocycles. The monoisotopic (exact) mass is 380 g/mol. The van der Waals surface area contributed by atoms with Crippen molar-refractivity contribution in [1.82, 2.24) is 25.2 Å². The molecule has 0 spiro atoms. The maximum absolute atomic E-state index is 5.80. The third-order valence-corrected chi connectivity index (χ3v) is 4.38. The lowest BCUT2D eigenvalue weighted by molar-refractivity contribution is 0.0931. The summed E-state index contributed by atoms with van der Waals surface area (Å²) in [5, 5.41) is 15.1. The molecule has 0 radical (unpaired) electrons. The number of hydrogen-bond acceptors (Lipinski definition) is 4. The molecule has 0 saturated carbocycles. The van der Waals surface area contributed by atoms with E-state index in [1.165, 1.54) is 5.56 Å². The number of benzene rings is 1. The van der Waals surface area contributed by atoms with Crippen LogP contribution < -0.4 is 10.6 Å². The Morgan fingerprint density at radius 3 is 2.75 bits per heavy atom. The average Bonchev–Trinajstić information content (AvgIpc) is 3.14. The molecule has 2 N–H and O–H groups in total. The van der Waals surface area contributed by atoms with Crippen molar-refractivity contribution in [3.8, 4) is 0 Å². The molecular formula is C21H28N6O. The lowest BCUT2D eigenvalue weighted by atomic mass is 10.2. The van der Waals surface area contributed by atoms with Crippen molar-refractivity contribution in [3.05, 3.63) is 66.1 Å². The molecule has 7 heteroatoms. The van der Waals surface area contributed by atoms with E-state index in [4.69, 9.17) is 4.74 Å². The van der Waals surface area contributed by atoms with Gasteiger partial charge >= 0.3 is 0 Å². The van der Waals surface area contributed by atoms with E-state index >= 15 is 0 Å². The molecule has 2 heterocycles. The zero-order chi connectivity index (χ0) is 19.6. The van der Waals surface area contributed by atoms with Crippen LogP contribution in [0, 0.1) is 5.92 Å². The Kier molecular flexibility index (Phi) is 7.37. The number of hydrogen-bond donors (Lipinski definition) is 2. The second-order valence-electron chi connectivity index (χ2n) is 6.78. The van der Waals surface area contributed by atoms with Crippen molar-refractivity contribution < 1.29 is 4.74 Å². The predicted molar refractivity (Wildman–Crippen MR) is 111 cm³/mol. The van der Waals surface area contributed by atoms with Gasteiger partial charge in [0.1, 0.15) is 5.82 Å². The molecule has 3 rings (SSSR count). The second kappa shape index (κ2) is 10.4. The molecule has 148 valence electrons. The number of aliphatic imine (C=N–C) groups is 1. The van der Waals surface area contributed by atoms with Crippen molar-refractivity contribution in [1.29, 1.82) is 0 Å². The Labute approximate surface area is 165 Å². The molecule has 0 fully saturated rings. The number of fused-ring (bicyclic) bond motifs is 1. The molecule has 28 heavy (non-hydrogen) atoms. The second-order valence-corrected chi connectivity index (χ2v) is 6.78. The highest BCUT2D eigenvalue weighted by atomic mass is 16.5. The predicted octanol–water partition coefficient (Wildman–Crippen LogP) is 2.29. The van der Waals surface area contributed by atoms with Gasteiger partial charge in [-0.2, -0.15) is 0 Å². The minimum absolute atomic E-state index is 0.378. The van der Waals surface area contributed by atoms with E-state index in [-0.39, 0.29) is 0 Å². The molecule has 0 aliphatic rings. The van der Waals surface area contributed by atoms with Crippen molar-refractivity contribution in [3.63, 3.8) is 0 Å². The number of ether oxygens (including phenoxy) is 1. The summed E-state index contributed by atoms with van der Waals surface area (Å²) in [6.45, 7) is 5.03. The molecule has 7 nitrogen and oxygen atoms in total. The standard InChI is InChI=1S/C21H28N6O/c1-17(15-28-16-18-8-4-3-5-9-18)14-24-21(22-2)23-12-11-20-26-25-19-10-6-7-13-27(19)20/h3-10,13,17H,11-12,14-16H2,1-2H3,(H2,22,23,24). The maximum atomic E-state index is 5.80. The van der Waals surface area contributed by atoms with Gasteiger partial charge in [0, 0.05) is 32.8 Å². The van der Waals surface area contributed by atoms with Gasteiger partial charge in [0.2, 0.25) is 0 Å². The molecule has 1 aromatic carbocycles. The Morgan fingerprint density at radius 2 is 1.93 bits per heavy atom. The van der Waals surface area contributed by atoms with E-state index in [2.05, 4.69) is 44.9 Å². The summed E-state index contributed by atoms with van der Waals surface area (Å²) in [6, 6.07) is 16.1. The van der Waals surface area contributed by atoms with Gasteiger partial charge < -0.3 is 15.4 Å². The third kappa shape index (κ3) is 5.79. The van der Waals surface area contributed by atoms with Gasteiger partial charge in [0.05, 0.1) is 13.2 Å². The largest absolute Gasteiger partial charge is 0.376 e. The fourth-order valence-corrected chi connectivity index (χ4v) is 2.86. The Morgan fingerprint density at radius 1 is 1.11 bits per heavy atom. The highest BCUT2D eigenvalue weighted by Gasteiger charge is 2.07. The van der Waals surface area contributed by atoms with Crippen LogP contribution in [-0.4, -0.2) is 47.3 Å². The quantitative estimate of drug-likeness (QED) is 0.440. The highest BCUT2D eigenvalue weighted by molar-refractivity contribution is 5.79. The first kappa shape index (κ1) is 19.8. The molecule has 0 aliphatic heterocycles. The SMILES string of the molecule is CN=C(NCCc1nnc2ccccn12)NCC(C)COCc1ccccc1. The number of rotatable bonds is 9. The normalized spacial score (nSPS) is 12.9. The first-order valence-corrected chi connectivity index (χ1v) is 9.61. The topological polar surface area (TPSA) is 75.8 Å². The van der Waals surface area contributed by atoms with Crippen LogP contribution in [0.1, 0.15) is 18.3 Å².